The van der Waals surface area contributed by atoms with Crippen LogP contribution in [0.3, 0.4) is 0 Å². The Morgan fingerprint density at radius 2 is 1.69 bits per heavy atom. The Morgan fingerprint density at radius 1 is 1.06 bits per heavy atom. The molecule has 0 saturated heterocycles. The van der Waals surface area contributed by atoms with Crippen LogP contribution < -0.4 is 9.62 Å². The molecule has 0 fully saturated rings. The fourth-order valence-corrected chi connectivity index (χ4v) is 4.55. The standard InChI is InChI=1S/C25H33ClFN3O4S/c1-18(2)16-28-25(32)19(3)29(17-20-8-5-6-9-23(20)27)24(31)10-7-15-30(35(4,33)34)22-13-11-21(26)12-14-22/h5-6,8-9,11-14,18-19H,7,10,15-17H2,1-4H3,(H,28,32)/t19-/m0/s1. The second kappa shape index (κ2) is 12.9. The molecule has 1 N–H and O–H groups in total. The summed E-state index contributed by atoms with van der Waals surface area (Å²) < 4.78 is 40.2. The molecule has 0 radical (unpaired) electrons. The Labute approximate surface area is 212 Å². The lowest BCUT2D eigenvalue weighted by Crippen LogP contribution is -2.48. The van der Waals surface area contributed by atoms with Gasteiger partial charge in [0.15, 0.2) is 0 Å². The number of nitrogens with one attached hydrogen (secondary N) is 1. The molecule has 192 valence electrons. The van der Waals surface area contributed by atoms with E-state index in [2.05, 4.69) is 5.32 Å². The minimum atomic E-state index is -3.60. The quantitative estimate of drug-likeness (QED) is 0.449. The maximum Gasteiger partial charge on any atom is 0.242 e. The topological polar surface area (TPSA) is 86.8 Å². The molecule has 0 saturated carbocycles. The lowest BCUT2D eigenvalue weighted by atomic mass is 10.1. The number of nitrogens with zero attached hydrogens (tertiary/aromatic N) is 2. The Hall–Kier alpha value is -2.65. The largest absolute Gasteiger partial charge is 0.354 e. The van der Waals surface area contributed by atoms with E-state index in [9.17, 15) is 22.4 Å². The van der Waals surface area contributed by atoms with Crippen molar-refractivity contribution in [2.75, 3.05) is 23.7 Å². The fraction of sp³-hybridized carbons (Fsp3) is 0.440. The SMILES string of the molecule is CC(C)CNC(=O)[C@H](C)N(Cc1ccccc1F)C(=O)CCCN(c1ccc(Cl)cc1)S(C)(=O)=O. The minimum absolute atomic E-state index is 0.0180. The Morgan fingerprint density at radius 3 is 2.26 bits per heavy atom. The number of hydrogen-bond donors (Lipinski definition) is 1. The molecule has 0 spiro atoms. The Balaban J connectivity index is 2.16. The van der Waals surface area contributed by atoms with Crippen molar-refractivity contribution < 1.29 is 22.4 Å². The van der Waals surface area contributed by atoms with E-state index in [0.29, 0.717) is 22.8 Å². The van der Waals surface area contributed by atoms with E-state index in [4.69, 9.17) is 11.6 Å². The summed E-state index contributed by atoms with van der Waals surface area (Å²) in [5, 5.41) is 3.29. The summed E-state index contributed by atoms with van der Waals surface area (Å²) in [6, 6.07) is 11.6. The predicted molar refractivity (Wildman–Crippen MR) is 137 cm³/mol. The van der Waals surface area contributed by atoms with Crippen LogP contribution in [0.4, 0.5) is 10.1 Å². The zero-order valence-corrected chi connectivity index (χ0v) is 22.1. The summed E-state index contributed by atoms with van der Waals surface area (Å²) in [4.78, 5) is 27.2. The smallest absolute Gasteiger partial charge is 0.242 e. The van der Waals surface area contributed by atoms with Gasteiger partial charge in [-0.3, -0.25) is 13.9 Å². The van der Waals surface area contributed by atoms with Crippen molar-refractivity contribution in [1.29, 1.82) is 0 Å². The number of hydrogen-bond acceptors (Lipinski definition) is 4. The highest BCUT2D eigenvalue weighted by Gasteiger charge is 2.27. The van der Waals surface area contributed by atoms with Crippen molar-refractivity contribution in [1.82, 2.24) is 10.2 Å². The van der Waals surface area contributed by atoms with E-state index in [1.54, 1.807) is 49.4 Å². The van der Waals surface area contributed by atoms with E-state index >= 15 is 0 Å². The summed E-state index contributed by atoms with van der Waals surface area (Å²) in [5.74, 6) is -0.935. The third-order valence-electron chi connectivity index (χ3n) is 5.42. The Bertz CT molecular complexity index is 1110. The number of anilines is 1. The van der Waals surface area contributed by atoms with Crippen molar-refractivity contribution in [2.45, 2.75) is 46.2 Å². The van der Waals surface area contributed by atoms with Gasteiger partial charge in [-0.2, -0.15) is 0 Å². The molecule has 2 rings (SSSR count). The van der Waals surface area contributed by atoms with Gasteiger partial charge >= 0.3 is 0 Å². The normalized spacial score (nSPS) is 12.3. The van der Waals surface area contributed by atoms with Gasteiger partial charge in [-0.15, -0.1) is 0 Å². The third-order valence-corrected chi connectivity index (χ3v) is 6.86. The van der Waals surface area contributed by atoms with Gasteiger partial charge in [0.2, 0.25) is 21.8 Å². The molecule has 10 heteroatoms. The monoisotopic (exact) mass is 525 g/mol. The molecule has 0 bridgehead atoms. The molecule has 0 heterocycles. The first-order valence-electron chi connectivity index (χ1n) is 11.4. The van der Waals surface area contributed by atoms with Gasteiger partial charge < -0.3 is 10.2 Å². The molecule has 2 aromatic rings. The maximum atomic E-state index is 14.3. The number of carbonyl (C=O) groups excluding carboxylic acids is 2. The highest BCUT2D eigenvalue weighted by Crippen LogP contribution is 2.21. The highest BCUT2D eigenvalue weighted by molar-refractivity contribution is 7.92. The van der Waals surface area contributed by atoms with Crippen LogP contribution in [0.2, 0.25) is 5.02 Å². The number of carbonyl (C=O) groups is 2. The van der Waals surface area contributed by atoms with Crippen LogP contribution in [0, 0.1) is 11.7 Å². The van der Waals surface area contributed by atoms with Gasteiger partial charge in [-0.05, 0) is 49.6 Å². The molecular weight excluding hydrogens is 493 g/mol. The summed E-state index contributed by atoms with van der Waals surface area (Å²) in [6.45, 7) is 5.96. The van der Waals surface area contributed by atoms with Gasteiger partial charge in [-0.25, -0.2) is 12.8 Å². The summed E-state index contributed by atoms with van der Waals surface area (Å²) in [5.41, 5.74) is 0.734. The average molecular weight is 526 g/mol. The number of sulfonamides is 1. The first kappa shape index (κ1) is 28.6. The molecule has 1 atom stereocenters. The fourth-order valence-electron chi connectivity index (χ4n) is 3.46. The van der Waals surface area contributed by atoms with Crippen LogP contribution >= 0.6 is 11.6 Å². The molecule has 0 aromatic heterocycles. The molecule has 7 nitrogen and oxygen atoms in total. The second-order valence-corrected chi connectivity index (χ2v) is 11.2. The molecule has 2 aromatic carbocycles. The van der Waals surface area contributed by atoms with E-state index in [1.807, 2.05) is 13.8 Å². The number of amides is 2. The number of benzene rings is 2. The first-order chi connectivity index (χ1) is 16.4. The molecular formula is C25H33ClFN3O4S. The predicted octanol–water partition coefficient (Wildman–Crippen LogP) is 4.21. The van der Waals surface area contributed by atoms with Gasteiger partial charge in [0.25, 0.3) is 0 Å². The van der Waals surface area contributed by atoms with Crippen LogP contribution in [-0.2, 0) is 26.2 Å². The van der Waals surface area contributed by atoms with E-state index in [1.165, 1.54) is 15.3 Å². The number of halogens is 2. The van der Waals surface area contributed by atoms with E-state index in [-0.39, 0.29) is 43.7 Å². The van der Waals surface area contributed by atoms with E-state index in [0.717, 1.165) is 6.26 Å². The maximum absolute atomic E-state index is 14.3. The molecule has 0 aliphatic carbocycles. The van der Waals surface area contributed by atoms with Gasteiger partial charge in [0, 0.05) is 36.6 Å². The molecule has 0 aliphatic rings. The average Bonchev–Trinajstić information content (AvgIpc) is 2.79. The molecule has 2 amide bonds. The van der Waals surface area contributed by atoms with Crippen LogP contribution in [0.25, 0.3) is 0 Å². The highest BCUT2D eigenvalue weighted by atomic mass is 35.5. The molecule has 35 heavy (non-hydrogen) atoms. The van der Waals surface area contributed by atoms with Gasteiger partial charge in [0.05, 0.1) is 11.9 Å². The van der Waals surface area contributed by atoms with Gasteiger partial charge in [-0.1, -0.05) is 43.6 Å². The lowest BCUT2D eigenvalue weighted by molar-refractivity contribution is -0.140. The zero-order chi connectivity index (χ0) is 26.2. The summed E-state index contributed by atoms with van der Waals surface area (Å²) in [6.07, 6.45) is 1.29. The van der Waals surface area contributed by atoms with Crippen LogP contribution in [0.1, 0.15) is 39.2 Å². The third kappa shape index (κ3) is 8.81. The van der Waals surface area contributed by atoms with Crippen LogP contribution in [0.5, 0.6) is 0 Å². The van der Waals surface area contributed by atoms with Crippen molar-refractivity contribution in [3.8, 4) is 0 Å². The van der Waals surface area contributed by atoms with Crippen molar-refractivity contribution in [3.05, 3.63) is 64.9 Å². The van der Waals surface area contributed by atoms with Crippen LogP contribution in [-0.4, -0.2) is 50.5 Å². The van der Waals surface area contributed by atoms with Crippen molar-refractivity contribution >= 4 is 39.1 Å². The summed E-state index contributed by atoms with van der Waals surface area (Å²) >= 11 is 5.91. The summed E-state index contributed by atoms with van der Waals surface area (Å²) in [7, 11) is -3.60. The second-order valence-electron chi connectivity index (χ2n) is 8.84. The van der Waals surface area contributed by atoms with Crippen molar-refractivity contribution in [3.63, 3.8) is 0 Å². The molecule has 0 aliphatic heterocycles. The minimum Gasteiger partial charge on any atom is -0.354 e. The lowest BCUT2D eigenvalue weighted by Gasteiger charge is -2.29. The van der Waals surface area contributed by atoms with Gasteiger partial charge in [0.1, 0.15) is 11.9 Å². The first-order valence-corrected chi connectivity index (χ1v) is 13.7. The van der Waals surface area contributed by atoms with E-state index < -0.39 is 21.9 Å². The Kier molecular flexibility index (Phi) is 10.5. The van der Waals surface area contributed by atoms with Crippen molar-refractivity contribution in [2.24, 2.45) is 5.92 Å². The number of rotatable bonds is 12. The zero-order valence-electron chi connectivity index (χ0n) is 20.5. The molecule has 0 unspecified atom stereocenters. The van der Waals surface area contributed by atoms with Crippen LogP contribution in [0.15, 0.2) is 48.5 Å².